The molecular formula is C20H19NO4. The molecule has 2 aromatic rings. The van der Waals surface area contributed by atoms with E-state index in [0.717, 1.165) is 35.3 Å². The van der Waals surface area contributed by atoms with E-state index in [2.05, 4.69) is 0 Å². The minimum absolute atomic E-state index is 0.0760. The van der Waals surface area contributed by atoms with Crippen molar-refractivity contribution in [3.8, 4) is 11.5 Å². The molecule has 0 radical (unpaired) electrons. The number of amides is 1. The van der Waals surface area contributed by atoms with Crippen LogP contribution in [0.3, 0.4) is 0 Å². The van der Waals surface area contributed by atoms with Gasteiger partial charge in [-0.05, 0) is 55.2 Å². The Morgan fingerprint density at radius 1 is 1.24 bits per heavy atom. The van der Waals surface area contributed by atoms with E-state index >= 15 is 0 Å². The SMILES string of the molecule is Cc1c(O[C@H]2CCc3cc(C(N)=O)ccc32)ccc2c1OCCC2=O. The average Bonchev–Trinajstić information content (AvgIpc) is 3.00. The summed E-state index contributed by atoms with van der Waals surface area (Å²) in [5.74, 6) is 1.06. The second kappa shape index (κ2) is 5.92. The van der Waals surface area contributed by atoms with Gasteiger partial charge in [-0.2, -0.15) is 0 Å². The lowest BCUT2D eigenvalue weighted by Gasteiger charge is -2.22. The van der Waals surface area contributed by atoms with Crippen LogP contribution in [-0.4, -0.2) is 18.3 Å². The van der Waals surface area contributed by atoms with Crippen LogP contribution < -0.4 is 15.2 Å². The molecule has 2 aliphatic rings. The van der Waals surface area contributed by atoms with Gasteiger partial charge in [-0.15, -0.1) is 0 Å². The van der Waals surface area contributed by atoms with Crippen molar-refractivity contribution in [3.63, 3.8) is 0 Å². The standard InChI is InChI=1S/C20H19NO4/c1-11-17(7-5-15-16(22)8-9-24-19(11)15)25-18-6-3-12-10-13(20(21)23)2-4-14(12)18/h2,4-5,7,10,18H,3,6,8-9H2,1H3,(H2,21,23)/t18-/m0/s1. The van der Waals surface area contributed by atoms with E-state index in [-0.39, 0.29) is 11.9 Å². The van der Waals surface area contributed by atoms with Crippen molar-refractivity contribution < 1.29 is 19.1 Å². The monoisotopic (exact) mass is 337 g/mol. The lowest BCUT2D eigenvalue weighted by molar-refractivity contribution is 0.0931. The first-order valence-corrected chi connectivity index (χ1v) is 8.43. The molecule has 2 N–H and O–H groups in total. The molecule has 5 nitrogen and oxygen atoms in total. The summed E-state index contributed by atoms with van der Waals surface area (Å²) < 4.78 is 11.9. The Labute approximate surface area is 145 Å². The fourth-order valence-corrected chi connectivity index (χ4v) is 3.59. The first-order chi connectivity index (χ1) is 12.0. The number of fused-ring (bicyclic) bond motifs is 2. The lowest BCUT2D eigenvalue weighted by Crippen LogP contribution is -2.17. The molecule has 0 unspecified atom stereocenters. The molecule has 1 aliphatic carbocycles. The maximum Gasteiger partial charge on any atom is 0.248 e. The van der Waals surface area contributed by atoms with Gasteiger partial charge < -0.3 is 15.2 Å². The van der Waals surface area contributed by atoms with Crippen molar-refractivity contribution in [1.82, 2.24) is 0 Å². The van der Waals surface area contributed by atoms with Gasteiger partial charge in [0.05, 0.1) is 12.2 Å². The molecule has 128 valence electrons. The van der Waals surface area contributed by atoms with Gasteiger partial charge in [0.1, 0.15) is 17.6 Å². The maximum atomic E-state index is 12.0. The van der Waals surface area contributed by atoms with Crippen LogP contribution in [0.2, 0.25) is 0 Å². The van der Waals surface area contributed by atoms with Gasteiger partial charge in [-0.1, -0.05) is 6.07 Å². The largest absolute Gasteiger partial charge is 0.492 e. The highest BCUT2D eigenvalue weighted by atomic mass is 16.5. The number of nitrogens with two attached hydrogens (primary N) is 1. The lowest BCUT2D eigenvalue weighted by atomic mass is 10.0. The van der Waals surface area contributed by atoms with Gasteiger partial charge >= 0.3 is 0 Å². The molecule has 0 bridgehead atoms. The second-order valence-electron chi connectivity index (χ2n) is 6.51. The summed E-state index contributed by atoms with van der Waals surface area (Å²) in [5.41, 5.74) is 9.55. The normalized spacial score (nSPS) is 18.3. The Morgan fingerprint density at radius 3 is 2.88 bits per heavy atom. The third-order valence-corrected chi connectivity index (χ3v) is 4.95. The molecule has 4 rings (SSSR count). The van der Waals surface area contributed by atoms with E-state index in [1.807, 2.05) is 25.1 Å². The number of carbonyl (C=O) groups is 2. The summed E-state index contributed by atoms with van der Waals surface area (Å²) in [4.78, 5) is 23.3. The summed E-state index contributed by atoms with van der Waals surface area (Å²) >= 11 is 0. The molecular weight excluding hydrogens is 318 g/mol. The first-order valence-electron chi connectivity index (χ1n) is 8.43. The number of carbonyl (C=O) groups excluding carboxylic acids is 2. The molecule has 1 atom stereocenters. The molecule has 1 heterocycles. The number of hydrogen-bond acceptors (Lipinski definition) is 4. The van der Waals surface area contributed by atoms with Crippen LogP contribution in [0.25, 0.3) is 0 Å². The molecule has 2 aromatic carbocycles. The van der Waals surface area contributed by atoms with Crippen molar-refractivity contribution in [2.75, 3.05) is 6.61 Å². The van der Waals surface area contributed by atoms with Crippen LogP contribution in [-0.2, 0) is 6.42 Å². The molecule has 0 aromatic heterocycles. The third kappa shape index (κ3) is 2.65. The van der Waals surface area contributed by atoms with Crippen LogP contribution in [0.1, 0.15) is 56.4 Å². The zero-order chi connectivity index (χ0) is 17.6. The zero-order valence-electron chi connectivity index (χ0n) is 14.0. The third-order valence-electron chi connectivity index (χ3n) is 4.95. The smallest absolute Gasteiger partial charge is 0.248 e. The number of ether oxygens (including phenoxy) is 2. The summed E-state index contributed by atoms with van der Waals surface area (Å²) in [6, 6.07) is 9.13. The van der Waals surface area contributed by atoms with Gasteiger partial charge in [0, 0.05) is 17.5 Å². The number of aryl methyl sites for hydroxylation is 1. The van der Waals surface area contributed by atoms with Crippen LogP contribution in [0.5, 0.6) is 11.5 Å². The van der Waals surface area contributed by atoms with Crippen molar-refractivity contribution in [1.29, 1.82) is 0 Å². The Balaban J connectivity index is 1.63. The number of ketones is 1. The highest BCUT2D eigenvalue weighted by Crippen LogP contribution is 2.40. The quantitative estimate of drug-likeness (QED) is 0.933. The minimum atomic E-state index is -0.417. The van der Waals surface area contributed by atoms with E-state index < -0.39 is 5.91 Å². The number of primary amides is 1. The Kier molecular flexibility index (Phi) is 3.71. The van der Waals surface area contributed by atoms with Gasteiger partial charge in [0.25, 0.3) is 0 Å². The van der Waals surface area contributed by atoms with E-state index in [0.29, 0.717) is 29.9 Å². The number of benzene rings is 2. The number of Topliss-reactive ketones (excluding diaryl/α,β-unsaturated/α-hetero) is 1. The fraction of sp³-hybridized carbons (Fsp3) is 0.300. The van der Waals surface area contributed by atoms with Gasteiger partial charge in [-0.3, -0.25) is 9.59 Å². The summed E-state index contributed by atoms with van der Waals surface area (Å²) in [5, 5.41) is 0. The molecule has 0 saturated carbocycles. The van der Waals surface area contributed by atoms with Crippen LogP contribution in [0.15, 0.2) is 30.3 Å². The minimum Gasteiger partial charge on any atom is -0.492 e. The molecule has 1 amide bonds. The highest BCUT2D eigenvalue weighted by molar-refractivity contribution is 6.00. The predicted octanol–water partition coefficient (Wildman–Crippen LogP) is 3.13. The van der Waals surface area contributed by atoms with Crippen LogP contribution in [0, 0.1) is 6.92 Å². The van der Waals surface area contributed by atoms with Crippen molar-refractivity contribution in [2.45, 2.75) is 32.3 Å². The zero-order valence-corrected chi connectivity index (χ0v) is 14.0. The van der Waals surface area contributed by atoms with Crippen LogP contribution >= 0.6 is 0 Å². The Hall–Kier alpha value is -2.82. The average molecular weight is 337 g/mol. The fourth-order valence-electron chi connectivity index (χ4n) is 3.59. The van der Waals surface area contributed by atoms with Crippen LogP contribution in [0.4, 0.5) is 0 Å². The van der Waals surface area contributed by atoms with Crippen molar-refractivity contribution in [3.05, 3.63) is 58.1 Å². The molecule has 0 saturated heterocycles. The highest BCUT2D eigenvalue weighted by Gasteiger charge is 2.27. The number of rotatable bonds is 3. The Morgan fingerprint density at radius 2 is 2.08 bits per heavy atom. The van der Waals surface area contributed by atoms with E-state index in [9.17, 15) is 9.59 Å². The summed E-state index contributed by atoms with van der Waals surface area (Å²) in [6.45, 7) is 2.33. The first kappa shape index (κ1) is 15.7. The van der Waals surface area contributed by atoms with E-state index in [4.69, 9.17) is 15.2 Å². The van der Waals surface area contributed by atoms with E-state index in [1.54, 1.807) is 12.1 Å². The molecule has 5 heteroatoms. The molecule has 0 spiro atoms. The van der Waals surface area contributed by atoms with E-state index in [1.165, 1.54) is 0 Å². The van der Waals surface area contributed by atoms with Gasteiger partial charge in [0.2, 0.25) is 5.91 Å². The topological polar surface area (TPSA) is 78.6 Å². The maximum absolute atomic E-state index is 12.0. The molecule has 25 heavy (non-hydrogen) atoms. The second-order valence-corrected chi connectivity index (χ2v) is 6.51. The summed E-state index contributed by atoms with van der Waals surface area (Å²) in [7, 11) is 0. The Bertz CT molecular complexity index is 888. The molecule has 0 fully saturated rings. The summed E-state index contributed by atoms with van der Waals surface area (Å²) in [6.07, 6.45) is 2.03. The van der Waals surface area contributed by atoms with Gasteiger partial charge in [0.15, 0.2) is 5.78 Å². The predicted molar refractivity (Wildman–Crippen MR) is 92.3 cm³/mol. The van der Waals surface area contributed by atoms with Crippen molar-refractivity contribution in [2.24, 2.45) is 5.73 Å². The van der Waals surface area contributed by atoms with Gasteiger partial charge in [-0.25, -0.2) is 0 Å². The van der Waals surface area contributed by atoms with Crippen molar-refractivity contribution >= 4 is 11.7 Å². The number of hydrogen-bond donors (Lipinski definition) is 1. The molecule has 1 aliphatic heterocycles.